The van der Waals surface area contributed by atoms with E-state index in [9.17, 15) is 4.79 Å². The molecule has 0 bridgehead atoms. The van der Waals surface area contributed by atoms with Crippen molar-refractivity contribution in [2.24, 2.45) is 0 Å². The van der Waals surface area contributed by atoms with Gasteiger partial charge in [-0.2, -0.15) is 0 Å². The third-order valence-electron chi connectivity index (χ3n) is 4.17. The van der Waals surface area contributed by atoms with E-state index in [1.807, 2.05) is 54.6 Å². The smallest absolute Gasteiger partial charge is 0.257 e. The molecule has 0 unspecified atom stereocenters. The number of rotatable bonds is 7. The van der Waals surface area contributed by atoms with Crippen molar-refractivity contribution in [1.29, 1.82) is 0 Å². The lowest BCUT2D eigenvalue weighted by atomic mass is 10.1. The molecule has 6 heteroatoms. The number of amides is 1. The molecule has 0 aliphatic heterocycles. The van der Waals surface area contributed by atoms with Crippen LogP contribution in [0.3, 0.4) is 0 Å². The highest BCUT2D eigenvalue weighted by molar-refractivity contribution is 9.10. The minimum absolute atomic E-state index is 0.245. The highest BCUT2D eigenvalue weighted by Crippen LogP contribution is 2.16. The molecule has 4 nitrogen and oxygen atoms in total. The minimum Gasteiger partial charge on any atom is -0.494 e. The number of aryl methyl sites for hydroxylation is 1. The number of benzene rings is 3. The van der Waals surface area contributed by atoms with Crippen molar-refractivity contribution in [3.05, 3.63) is 94.5 Å². The van der Waals surface area contributed by atoms with E-state index in [0.717, 1.165) is 28.8 Å². The fourth-order valence-electron chi connectivity index (χ4n) is 2.68. The maximum atomic E-state index is 12.2. The summed E-state index contributed by atoms with van der Waals surface area (Å²) in [5, 5.41) is 5.92. The molecule has 2 N–H and O–H groups in total. The number of hydrogen-bond acceptors (Lipinski definition) is 3. The van der Waals surface area contributed by atoms with Crippen LogP contribution in [0, 0.1) is 0 Å². The number of thiocarbonyl (C=S) groups is 1. The summed E-state index contributed by atoms with van der Waals surface area (Å²) < 4.78 is 6.70. The third-order valence-corrected chi connectivity index (χ3v) is 4.90. The van der Waals surface area contributed by atoms with E-state index in [2.05, 4.69) is 38.7 Å². The SMILES string of the molecule is O=C(NC(=S)Nc1ccc(OCCCc2ccccc2)cc1)c1ccc(Br)cc1. The molecular weight excluding hydrogens is 448 g/mol. The molecule has 0 aliphatic carbocycles. The Labute approximate surface area is 184 Å². The standard InChI is InChI=1S/C23H21BrN2O2S/c24-19-10-8-18(9-11-19)22(27)26-23(29)25-20-12-14-21(15-13-20)28-16-4-7-17-5-2-1-3-6-17/h1-3,5-6,8-15H,4,7,16H2,(H2,25,26,27,29). The second-order valence-corrected chi connectivity index (χ2v) is 7.70. The Bertz CT molecular complexity index is 945. The molecule has 3 aromatic carbocycles. The van der Waals surface area contributed by atoms with Gasteiger partial charge in [0, 0.05) is 15.7 Å². The molecule has 0 aliphatic rings. The van der Waals surface area contributed by atoms with E-state index in [1.165, 1.54) is 5.56 Å². The average molecular weight is 469 g/mol. The lowest BCUT2D eigenvalue weighted by Gasteiger charge is -2.11. The Hall–Kier alpha value is -2.70. The summed E-state index contributed by atoms with van der Waals surface area (Å²) in [6.07, 6.45) is 1.95. The lowest BCUT2D eigenvalue weighted by Crippen LogP contribution is -2.34. The van der Waals surface area contributed by atoms with Crippen LogP contribution in [0.15, 0.2) is 83.3 Å². The van der Waals surface area contributed by atoms with Crippen molar-refractivity contribution < 1.29 is 9.53 Å². The van der Waals surface area contributed by atoms with Gasteiger partial charge in [0.2, 0.25) is 0 Å². The summed E-state index contributed by atoms with van der Waals surface area (Å²) >= 11 is 8.57. The number of nitrogens with one attached hydrogen (secondary N) is 2. The van der Waals surface area contributed by atoms with Crippen LogP contribution in [0.2, 0.25) is 0 Å². The van der Waals surface area contributed by atoms with Crippen molar-refractivity contribution in [2.75, 3.05) is 11.9 Å². The second-order valence-electron chi connectivity index (χ2n) is 6.38. The van der Waals surface area contributed by atoms with Crippen molar-refractivity contribution in [3.63, 3.8) is 0 Å². The number of carbonyl (C=O) groups is 1. The van der Waals surface area contributed by atoms with E-state index < -0.39 is 0 Å². The lowest BCUT2D eigenvalue weighted by molar-refractivity contribution is 0.0977. The minimum atomic E-state index is -0.256. The number of halogens is 1. The summed E-state index contributed by atoms with van der Waals surface area (Å²) in [6.45, 7) is 0.656. The van der Waals surface area contributed by atoms with Crippen LogP contribution >= 0.6 is 28.1 Å². The van der Waals surface area contributed by atoms with Gasteiger partial charge in [0.15, 0.2) is 5.11 Å². The third kappa shape index (κ3) is 7.00. The van der Waals surface area contributed by atoms with Gasteiger partial charge in [0.25, 0.3) is 5.91 Å². The van der Waals surface area contributed by atoms with Crippen LogP contribution in [0.25, 0.3) is 0 Å². The molecule has 0 atom stereocenters. The Morgan fingerprint density at radius 3 is 2.31 bits per heavy atom. The molecule has 148 valence electrons. The Balaban J connectivity index is 1.41. The van der Waals surface area contributed by atoms with Gasteiger partial charge in [0.1, 0.15) is 5.75 Å². The van der Waals surface area contributed by atoms with E-state index in [4.69, 9.17) is 17.0 Å². The Morgan fingerprint density at radius 1 is 0.931 bits per heavy atom. The maximum Gasteiger partial charge on any atom is 0.257 e. The fraction of sp³-hybridized carbons (Fsp3) is 0.130. The summed E-state index contributed by atoms with van der Waals surface area (Å²) in [6, 6.07) is 24.9. The number of ether oxygens (including phenoxy) is 1. The van der Waals surface area contributed by atoms with Gasteiger partial charge in [-0.25, -0.2) is 0 Å². The van der Waals surface area contributed by atoms with E-state index in [0.29, 0.717) is 12.2 Å². The van der Waals surface area contributed by atoms with Gasteiger partial charge in [-0.3, -0.25) is 10.1 Å². The monoisotopic (exact) mass is 468 g/mol. The quantitative estimate of drug-likeness (QED) is 0.350. The van der Waals surface area contributed by atoms with Crippen molar-refractivity contribution in [2.45, 2.75) is 12.8 Å². The Morgan fingerprint density at radius 2 is 1.62 bits per heavy atom. The van der Waals surface area contributed by atoms with E-state index in [1.54, 1.807) is 12.1 Å². The largest absolute Gasteiger partial charge is 0.494 e. The van der Waals surface area contributed by atoms with Crippen LogP contribution in [-0.2, 0) is 6.42 Å². The first-order valence-electron chi connectivity index (χ1n) is 9.25. The molecule has 29 heavy (non-hydrogen) atoms. The highest BCUT2D eigenvalue weighted by atomic mass is 79.9. The molecule has 0 saturated carbocycles. The fourth-order valence-corrected chi connectivity index (χ4v) is 3.16. The van der Waals surface area contributed by atoms with Crippen LogP contribution < -0.4 is 15.4 Å². The zero-order valence-corrected chi connectivity index (χ0v) is 18.1. The zero-order chi connectivity index (χ0) is 20.5. The van der Waals surface area contributed by atoms with Crippen LogP contribution in [0.5, 0.6) is 5.75 Å². The second kappa shape index (κ2) is 10.7. The van der Waals surface area contributed by atoms with Crippen molar-refractivity contribution >= 4 is 44.9 Å². The van der Waals surface area contributed by atoms with Crippen molar-refractivity contribution in [1.82, 2.24) is 5.32 Å². The number of carbonyl (C=O) groups excluding carboxylic acids is 1. The molecule has 3 aromatic rings. The highest BCUT2D eigenvalue weighted by Gasteiger charge is 2.08. The zero-order valence-electron chi connectivity index (χ0n) is 15.7. The van der Waals surface area contributed by atoms with E-state index in [-0.39, 0.29) is 11.0 Å². The number of hydrogen-bond donors (Lipinski definition) is 2. The predicted octanol–water partition coefficient (Wildman–Crippen LogP) is 5.59. The van der Waals surface area contributed by atoms with Crippen LogP contribution in [-0.4, -0.2) is 17.6 Å². The molecule has 0 saturated heterocycles. The van der Waals surface area contributed by atoms with Crippen LogP contribution in [0.1, 0.15) is 22.3 Å². The molecule has 0 aromatic heterocycles. The molecular formula is C23H21BrN2O2S. The first-order valence-corrected chi connectivity index (χ1v) is 10.4. The molecule has 0 fully saturated rings. The molecule has 0 radical (unpaired) electrons. The summed E-state index contributed by atoms with van der Waals surface area (Å²) in [5.41, 5.74) is 2.63. The number of anilines is 1. The van der Waals surface area contributed by atoms with Gasteiger partial charge < -0.3 is 10.1 Å². The normalized spacial score (nSPS) is 10.2. The Kier molecular flexibility index (Phi) is 7.78. The summed E-state index contributed by atoms with van der Waals surface area (Å²) in [7, 11) is 0. The van der Waals surface area contributed by atoms with Gasteiger partial charge >= 0.3 is 0 Å². The molecule has 0 spiro atoms. The van der Waals surface area contributed by atoms with E-state index >= 15 is 0 Å². The van der Waals surface area contributed by atoms with Gasteiger partial charge in [0.05, 0.1) is 6.61 Å². The van der Waals surface area contributed by atoms with Gasteiger partial charge in [-0.05, 0) is 79.2 Å². The van der Waals surface area contributed by atoms with Gasteiger partial charge in [-0.15, -0.1) is 0 Å². The average Bonchev–Trinajstić information content (AvgIpc) is 2.73. The van der Waals surface area contributed by atoms with Crippen LogP contribution in [0.4, 0.5) is 5.69 Å². The molecule has 0 heterocycles. The molecule has 3 rings (SSSR count). The summed E-state index contributed by atoms with van der Waals surface area (Å²) in [4.78, 5) is 12.2. The van der Waals surface area contributed by atoms with Crippen molar-refractivity contribution in [3.8, 4) is 5.75 Å². The first kappa shape index (κ1) is 21.0. The predicted molar refractivity (Wildman–Crippen MR) is 125 cm³/mol. The van der Waals surface area contributed by atoms with Gasteiger partial charge in [-0.1, -0.05) is 46.3 Å². The topological polar surface area (TPSA) is 50.4 Å². The maximum absolute atomic E-state index is 12.2. The first-order chi connectivity index (χ1) is 14.1. The molecule has 1 amide bonds. The summed E-state index contributed by atoms with van der Waals surface area (Å²) in [5.74, 6) is 0.543.